The van der Waals surface area contributed by atoms with E-state index in [4.69, 9.17) is 5.11 Å². The summed E-state index contributed by atoms with van der Waals surface area (Å²) in [5.74, 6) is -0.887. The van der Waals surface area contributed by atoms with Crippen LogP contribution in [0.1, 0.15) is 19.3 Å². The number of amides is 2. The molecule has 0 radical (unpaired) electrons. The minimum atomic E-state index is -0.887. The largest absolute Gasteiger partial charge is 0.481 e. The molecular weight excluding hydrogens is 228 g/mol. The number of hydrogen-bond acceptors (Lipinski definition) is 3. The average Bonchev–Trinajstić information content (AvgIpc) is 3.03. The number of carbonyl (C=O) groups is 2. The summed E-state index contributed by atoms with van der Waals surface area (Å²) < 4.78 is 0.239. The molecule has 0 bridgehead atoms. The molecule has 1 rings (SSSR count). The van der Waals surface area contributed by atoms with E-state index >= 15 is 0 Å². The van der Waals surface area contributed by atoms with E-state index in [0.717, 1.165) is 12.8 Å². The molecule has 0 aromatic rings. The van der Waals surface area contributed by atoms with E-state index in [2.05, 4.69) is 5.32 Å². The highest BCUT2D eigenvalue weighted by molar-refractivity contribution is 8.00. The average molecular weight is 246 g/mol. The molecule has 5 nitrogen and oxygen atoms in total. The summed E-state index contributed by atoms with van der Waals surface area (Å²) in [6.45, 7) is 0.915. The molecule has 0 aromatic carbocycles. The topological polar surface area (TPSA) is 69.6 Å². The number of nitrogens with zero attached hydrogens (tertiary/aromatic N) is 1. The van der Waals surface area contributed by atoms with Crippen LogP contribution in [0.25, 0.3) is 0 Å². The lowest BCUT2D eigenvalue weighted by Gasteiger charge is -2.19. The van der Waals surface area contributed by atoms with E-state index in [1.165, 1.54) is 4.90 Å². The molecule has 0 unspecified atom stereocenters. The Hall–Kier alpha value is -0.910. The van der Waals surface area contributed by atoms with Crippen molar-refractivity contribution in [3.05, 3.63) is 0 Å². The van der Waals surface area contributed by atoms with Crippen molar-refractivity contribution >= 4 is 23.8 Å². The number of thioether (sulfide) groups is 1. The summed E-state index contributed by atoms with van der Waals surface area (Å²) in [5, 5.41) is 11.3. The lowest BCUT2D eigenvalue weighted by Crippen LogP contribution is -2.41. The number of carboxylic acids is 1. The minimum Gasteiger partial charge on any atom is -0.481 e. The summed E-state index contributed by atoms with van der Waals surface area (Å²) in [6.07, 6.45) is 4.32. The highest BCUT2D eigenvalue weighted by Crippen LogP contribution is 2.46. The predicted molar refractivity (Wildman–Crippen MR) is 63.8 cm³/mol. The van der Waals surface area contributed by atoms with Crippen molar-refractivity contribution in [2.24, 2.45) is 0 Å². The Morgan fingerprint density at radius 1 is 1.50 bits per heavy atom. The Morgan fingerprint density at radius 2 is 2.12 bits per heavy atom. The SMILES string of the molecule is CSC1(CNC(=O)N(C)CCC(=O)O)CC1. The van der Waals surface area contributed by atoms with Crippen LogP contribution in [0.4, 0.5) is 4.79 Å². The molecular formula is C10H18N2O3S. The summed E-state index contributed by atoms with van der Waals surface area (Å²) >= 11 is 1.78. The van der Waals surface area contributed by atoms with Gasteiger partial charge in [-0.1, -0.05) is 0 Å². The molecule has 0 saturated heterocycles. The van der Waals surface area contributed by atoms with Crippen LogP contribution in [0.5, 0.6) is 0 Å². The Balaban J connectivity index is 2.21. The lowest BCUT2D eigenvalue weighted by molar-refractivity contribution is -0.137. The van der Waals surface area contributed by atoms with E-state index in [1.54, 1.807) is 18.8 Å². The maximum absolute atomic E-state index is 11.6. The van der Waals surface area contributed by atoms with Crippen LogP contribution in [0, 0.1) is 0 Å². The first-order valence-electron chi connectivity index (χ1n) is 5.25. The fourth-order valence-electron chi connectivity index (χ4n) is 1.33. The molecule has 1 saturated carbocycles. The third-order valence-corrected chi connectivity index (χ3v) is 4.23. The molecule has 2 N–H and O–H groups in total. The van der Waals surface area contributed by atoms with Gasteiger partial charge in [0.25, 0.3) is 0 Å². The first-order valence-corrected chi connectivity index (χ1v) is 6.47. The smallest absolute Gasteiger partial charge is 0.317 e. The van der Waals surface area contributed by atoms with Crippen molar-refractivity contribution in [1.29, 1.82) is 0 Å². The zero-order valence-corrected chi connectivity index (χ0v) is 10.5. The molecule has 6 heteroatoms. The van der Waals surface area contributed by atoms with Crippen molar-refractivity contribution in [2.45, 2.75) is 24.0 Å². The van der Waals surface area contributed by atoms with Crippen molar-refractivity contribution < 1.29 is 14.7 Å². The van der Waals surface area contributed by atoms with Gasteiger partial charge in [-0.05, 0) is 19.1 Å². The molecule has 1 aliphatic carbocycles. The molecule has 0 atom stereocenters. The quantitative estimate of drug-likeness (QED) is 0.733. The normalized spacial score (nSPS) is 16.6. The van der Waals surface area contributed by atoms with Gasteiger partial charge in [0.2, 0.25) is 0 Å². The van der Waals surface area contributed by atoms with Crippen molar-refractivity contribution in [1.82, 2.24) is 10.2 Å². The second-order valence-electron chi connectivity index (χ2n) is 4.11. The van der Waals surface area contributed by atoms with Gasteiger partial charge in [-0.2, -0.15) is 11.8 Å². The van der Waals surface area contributed by atoms with Crippen LogP contribution in [-0.4, -0.2) is 53.1 Å². The highest BCUT2D eigenvalue weighted by Gasteiger charge is 2.42. The van der Waals surface area contributed by atoms with Gasteiger partial charge >= 0.3 is 12.0 Å². The fraction of sp³-hybridized carbons (Fsp3) is 0.800. The first-order chi connectivity index (χ1) is 7.49. The third kappa shape index (κ3) is 3.92. The van der Waals surface area contributed by atoms with E-state index < -0.39 is 5.97 Å². The number of aliphatic carboxylic acids is 1. The molecule has 16 heavy (non-hydrogen) atoms. The molecule has 1 aliphatic rings. The van der Waals surface area contributed by atoms with Gasteiger partial charge in [0.15, 0.2) is 0 Å². The predicted octanol–water partition coefficient (Wildman–Crippen LogP) is 0.998. The number of rotatable bonds is 6. The van der Waals surface area contributed by atoms with Crippen molar-refractivity contribution in [2.75, 3.05) is 26.4 Å². The van der Waals surface area contributed by atoms with Crippen LogP contribution in [0.2, 0.25) is 0 Å². The molecule has 1 fully saturated rings. The first kappa shape index (κ1) is 13.2. The van der Waals surface area contributed by atoms with Crippen LogP contribution in [-0.2, 0) is 4.79 Å². The van der Waals surface area contributed by atoms with Crippen molar-refractivity contribution in [3.63, 3.8) is 0 Å². The summed E-state index contributed by atoms with van der Waals surface area (Å²) in [6, 6.07) is -0.193. The Bertz CT molecular complexity index is 279. The maximum Gasteiger partial charge on any atom is 0.317 e. The van der Waals surface area contributed by atoms with Gasteiger partial charge in [-0.25, -0.2) is 4.79 Å². The van der Waals surface area contributed by atoms with Gasteiger partial charge in [-0.15, -0.1) is 0 Å². The summed E-state index contributed by atoms with van der Waals surface area (Å²) in [4.78, 5) is 23.3. The van der Waals surface area contributed by atoms with E-state index in [9.17, 15) is 9.59 Å². The zero-order valence-electron chi connectivity index (χ0n) is 9.65. The summed E-state index contributed by atoms with van der Waals surface area (Å²) in [5.41, 5.74) is 0. The van der Waals surface area contributed by atoms with E-state index in [1.807, 2.05) is 6.26 Å². The minimum absolute atomic E-state index is 0.0163. The Morgan fingerprint density at radius 3 is 2.56 bits per heavy atom. The van der Waals surface area contributed by atoms with Gasteiger partial charge in [0.1, 0.15) is 0 Å². The zero-order chi connectivity index (χ0) is 12.2. The maximum atomic E-state index is 11.6. The second kappa shape index (κ2) is 5.43. The van der Waals surface area contributed by atoms with Crippen molar-refractivity contribution in [3.8, 4) is 0 Å². The van der Waals surface area contributed by atoms with Gasteiger partial charge in [0, 0.05) is 24.9 Å². The van der Waals surface area contributed by atoms with Crippen LogP contribution >= 0.6 is 11.8 Å². The number of urea groups is 1. The highest BCUT2D eigenvalue weighted by atomic mass is 32.2. The second-order valence-corrected chi connectivity index (χ2v) is 5.39. The molecule has 0 spiro atoms. The Labute approximate surface area is 99.6 Å². The number of nitrogens with one attached hydrogen (secondary N) is 1. The molecule has 92 valence electrons. The number of carbonyl (C=O) groups excluding carboxylic acids is 1. The van der Waals surface area contributed by atoms with E-state index in [-0.39, 0.29) is 23.7 Å². The fourth-order valence-corrected chi connectivity index (χ4v) is 2.06. The summed E-state index contributed by atoms with van der Waals surface area (Å²) in [7, 11) is 1.61. The number of hydrogen-bond donors (Lipinski definition) is 2. The third-order valence-electron chi connectivity index (χ3n) is 2.81. The van der Waals surface area contributed by atoms with Crippen LogP contribution < -0.4 is 5.32 Å². The number of carboxylic acid groups (broad SMARTS) is 1. The van der Waals surface area contributed by atoms with Crippen LogP contribution in [0.15, 0.2) is 0 Å². The van der Waals surface area contributed by atoms with Gasteiger partial charge < -0.3 is 15.3 Å². The van der Waals surface area contributed by atoms with Crippen LogP contribution in [0.3, 0.4) is 0 Å². The lowest BCUT2D eigenvalue weighted by atomic mass is 10.4. The standard InChI is InChI=1S/C10H18N2O3S/c1-12(6-3-8(13)14)9(15)11-7-10(16-2)4-5-10/h3-7H2,1-2H3,(H,11,15)(H,13,14). The van der Waals surface area contributed by atoms with E-state index in [0.29, 0.717) is 6.54 Å². The molecule has 0 aliphatic heterocycles. The molecule has 0 aromatic heterocycles. The monoisotopic (exact) mass is 246 g/mol. The van der Waals surface area contributed by atoms with Gasteiger partial charge in [0.05, 0.1) is 6.42 Å². The Kier molecular flexibility index (Phi) is 4.46. The molecule has 0 heterocycles. The van der Waals surface area contributed by atoms with Gasteiger partial charge in [-0.3, -0.25) is 4.79 Å². The molecule has 2 amide bonds.